The van der Waals surface area contributed by atoms with Crippen LogP contribution in [0, 0.1) is 0 Å². The second kappa shape index (κ2) is 4.27. The Kier molecular flexibility index (Phi) is 2.82. The Morgan fingerprint density at radius 3 is 2.80 bits per heavy atom. The largest absolute Gasteiger partial charge is 0.330 e. The van der Waals surface area contributed by atoms with Crippen molar-refractivity contribution in [2.24, 2.45) is 5.73 Å². The van der Waals surface area contributed by atoms with Crippen LogP contribution in [0.3, 0.4) is 0 Å². The fourth-order valence-electron chi connectivity index (χ4n) is 1.60. The molecular weight excluding hydrogens is 190 g/mol. The molecule has 0 saturated heterocycles. The molecule has 2 aromatic heterocycles. The Hall–Kier alpha value is -1.62. The molecular formula is C10H15N5. The van der Waals surface area contributed by atoms with E-state index in [-0.39, 0.29) is 0 Å². The van der Waals surface area contributed by atoms with E-state index >= 15 is 0 Å². The van der Waals surface area contributed by atoms with Crippen molar-refractivity contribution < 1.29 is 0 Å². The lowest BCUT2D eigenvalue weighted by Gasteiger charge is -2.08. The molecule has 15 heavy (non-hydrogen) atoms. The van der Waals surface area contributed by atoms with Crippen molar-refractivity contribution in [2.75, 3.05) is 6.54 Å². The fourth-order valence-corrected chi connectivity index (χ4v) is 1.60. The van der Waals surface area contributed by atoms with Gasteiger partial charge in [-0.1, -0.05) is 0 Å². The standard InChI is InChI=1S/C10H15N5/c1-2-14-7-5-13-10(14)15-8-6-12-9(15)3-4-11/h5-8H,2-4,11H2,1H3. The van der Waals surface area contributed by atoms with Crippen LogP contribution in [-0.2, 0) is 13.0 Å². The maximum absolute atomic E-state index is 5.53. The van der Waals surface area contributed by atoms with E-state index in [1.807, 2.05) is 17.0 Å². The van der Waals surface area contributed by atoms with Gasteiger partial charge in [0.1, 0.15) is 5.82 Å². The van der Waals surface area contributed by atoms with Crippen LogP contribution in [-0.4, -0.2) is 25.6 Å². The molecule has 2 rings (SSSR count). The van der Waals surface area contributed by atoms with Gasteiger partial charge < -0.3 is 10.3 Å². The van der Waals surface area contributed by atoms with E-state index in [2.05, 4.69) is 21.5 Å². The predicted octanol–water partition coefficient (Wildman–Crippen LogP) is 0.590. The summed E-state index contributed by atoms with van der Waals surface area (Å²) in [6.07, 6.45) is 8.22. The second-order valence-electron chi connectivity index (χ2n) is 3.27. The quantitative estimate of drug-likeness (QED) is 0.794. The van der Waals surface area contributed by atoms with E-state index in [9.17, 15) is 0 Å². The molecule has 0 aliphatic heterocycles. The third-order valence-corrected chi connectivity index (χ3v) is 2.33. The van der Waals surface area contributed by atoms with E-state index in [0.717, 1.165) is 24.7 Å². The van der Waals surface area contributed by atoms with E-state index in [0.29, 0.717) is 6.54 Å². The molecule has 5 heteroatoms. The molecule has 0 aliphatic carbocycles. The van der Waals surface area contributed by atoms with Crippen LogP contribution in [0.25, 0.3) is 5.95 Å². The Morgan fingerprint density at radius 1 is 1.27 bits per heavy atom. The number of hydrogen-bond acceptors (Lipinski definition) is 3. The van der Waals surface area contributed by atoms with Crippen LogP contribution in [0.1, 0.15) is 12.7 Å². The summed E-state index contributed by atoms with van der Waals surface area (Å²) >= 11 is 0. The average Bonchev–Trinajstić information content (AvgIpc) is 2.84. The molecule has 0 atom stereocenters. The summed E-state index contributed by atoms with van der Waals surface area (Å²) in [6, 6.07) is 0. The lowest BCUT2D eigenvalue weighted by Crippen LogP contribution is -2.12. The van der Waals surface area contributed by atoms with Crippen LogP contribution >= 0.6 is 0 Å². The summed E-state index contributed by atoms with van der Waals surface area (Å²) < 4.78 is 4.05. The topological polar surface area (TPSA) is 61.7 Å². The maximum Gasteiger partial charge on any atom is 0.215 e. The average molecular weight is 205 g/mol. The van der Waals surface area contributed by atoms with Crippen molar-refractivity contribution in [3.8, 4) is 5.95 Å². The minimum absolute atomic E-state index is 0.601. The molecule has 0 saturated carbocycles. The minimum Gasteiger partial charge on any atom is -0.330 e. The van der Waals surface area contributed by atoms with Crippen molar-refractivity contribution in [1.82, 2.24) is 19.1 Å². The van der Waals surface area contributed by atoms with Crippen molar-refractivity contribution in [2.45, 2.75) is 19.9 Å². The van der Waals surface area contributed by atoms with Gasteiger partial charge in [0.25, 0.3) is 0 Å². The molecule has 2 heterocycles. The zero-order valence-corrected chi connectivity index (χ0v) is 8.80. The molecule has 0 fully saturated rings. The maximum atomic E-state index is 5.53. The molecule has 80 valence electrons. The van der Waals surface area contributed by atoms with Gasteiger partial charge in [0.05, 0.1) is 0 Å². The normalized spacial score (nSPS) is 10.8. The van der Waals surface area contributed by atoms with Gasteiger partial charge in [-0.15, -0.1) is 0 Å². The Morgan fingerprint density at radius 2 is 2.07 bits per heavy atom. The molecule has 0 aromatic carbocycles. The third kappa shape index (κ3) is 1.78. The molecule has 0 spiro atoms. The summed E-state index contributed by atoms with van der Waals surface area (Å²) in [5.74, 6) is 1.86. The molecule has 0 unspecified atom stereocenters. The van der Waals surface area contributed by atoms with Crippen LogP contribution in [0.4, 0.5) is 0 Å². The summed E-state index contributed by atoms with van der Waals surface area (Å²) in [5, 5.41) is 0. The van der Waals surface area contributed by atoms with Crippen molar-refractivity contribution >= 4 is 0 Å². The van der Waals surface area contributed by atoms with Gasteiger partial charge in [-0.05, 0) is 13.5 Å². The number of aromatic nitrogens is 4. The van der Waals surface area contributed by atoms with Crippen LogP contribution < -0.4 is 5.73 Å². The summed E-state index contributed by atoms with van der Waals surface area (Å²) in [6.45, 7) is 3.59. The number of imidazole rings is 2. The molecule has 0 amide bonds. The lowest BCUT2D eigenvalue weighted by atomic mass is 10.4. The van der Waals surface area contributed by atoms with Crippen molar-refractivity contribution in [3.05, 3.63) is 30.6 Å². The number of nitrogens with zero attached hydrogens (tertiary/aromatic N) is 4. The van der Waals surface area contributed by atoms with Gasteiger partial charge >= 0.3 is 0 Å². The molecule has 5 nitrogen and oxygen atoms in total. The number of rotatable bonds is 4. The first kappa shape index (κ1) is 9.92. The first-order chi connectivity index (χ1) is 7.36. The van der Waals surface area contributed by atoms with Crippen LogP contribution in [0.2, 0.25) is 0 Å². The SMILES string of the molecule is CCn1ccnc1-n1ccnc1CCN. The van der Waals surface area contributed by atoms with Gasteiger partial charge in [0.2, 0.25) is 5.95 Å². The van der Waals surface area contributed by atoms with Gasteiger partial charge in [0, 0.05) is 37.8 Å². The molecule has 0 aliphatic rings. The van der Waals surface area contributed by atoms with Gasteiger partial charge in [0.15, 0.2) is 0 Å². The highest BCUT2D eigenvalue weighted by Gasteiger charge is 2.08. The third-order valence-electron chi connectivity index (χ3n) is 2.33. The van der Waals surface area contributed by atoms with Crippen molar-refractivity contribution in [3.63, 3.8) is 0 Å². The fraction of sp³-hybridized carbons (Fsp3) is 0.400. The molecule has 2 aromatic rings. The Balaban J connectivity index is 2.40. The molecule has 0 bridgehead atoms. The van der Waals surface area contributed by atoms with E-state index < -0.39 is 0 Å². The van der Waals surface area contributed by atoms with Gasteiger partial charge in [-0.3, -0.25) is 4.57 Å². The van der Waals surface area contributed by atoms with E-state index in [1.165, 1.54) is 0 Å². The van der Waals surface area contributed by atoms with Crippen LogP contribution in [0.5, 0.6) is 0 Å². The lowest BCUT2D eigenvalue weighted by molar-refractivity contribution is 0.699. The monoisotopic (exact) mass is 205 g/mol. The highest BCUT2D eigenvalue weighted by Crippen LogP contribution is 2.08. The minimum atomic E-state index is 0.601. The molecule has 0 radical (unpaired) electrons. The summed E-state index contributed by atoms with van der Waals surface area (Å²) in [7, 11) is 0. The first-order valence-electron chi connectivity index (χ1n) is 5.10. The Bertz CT molecular complexity index is 428. The molecule has 2 N–H and O–H groups in total. The number of aryl methyl sites for hydroxylation is 1. The van der Waals surface area contributed by atoms with E-state index in [4.69, 9.17) is 5.73 Å². The highest BCUT2D eigenvalue weighted by atomic mass is 15.2. The summed E-state index contributed by atoms with van der Waals surface area (Å²) in [5.41, 5.74) is 5.53. The van der Waals surface area contributed by atoms with Gasteiger partial charge in [-0.2, -0.15) is 0 Å². The zero-order chi connectivity index (χ0) is 10.7. The predicted molar refractivity (Wildman–Crippen MR) is 57.8 cm³/mol. The van der Waals surface area contributed by atoms with E-state index in [1.54, 1.807) is 12.4 Å². The Labute approximate surface area is 88.6 Å². The zero-order valence-electron chi connectivity index (χ0n) is 8.80. The summed E-state index contributed by atoms with van der Waals surface area (Å²) in [4.78, 5) is 8.58. The smallest absolute Gasteiger partial charge is 0.215 e. The second-order valence-corrected chi connectivity index (χ2v) is 3.27. The highest BCUT2D eigenvalue weighted by molar-refractivity contribution is 5.17. The number of nitrogens with two attached hydrogens (primary N) is 1. The van der Waals surface area contributed by atoms with Gasteiger partial charge in [-0.25, -0.2) is 9.97 Å². The van der Waals surface area contributed by atoms with Crippen molar-refractivity contribution in [1.29, 1.82) is 0 Å². The van der Waals surface area contributed by atoms with Crippen LogP contribution in [0.15, 0.2) is 24.8 Å². The first-order valence-corrected chi connectivity index (χ1v) is 5.10. The number of hydrogen-bond donors (Lipinski definition) is 1.